The van der Waals surface area contributed by atoms with Crippen molar-refractivity contribution in [2.24, 2.45) is 17.8 Å². The van der Waals surface area contributed by atoms with Crippen LogP contribution in [-0.4, -0.2) is 56.7 Å². The first kappa shape index (κ1) is 20.0. The number of nitrogens with zero attached hydrogens (tertiary/aromatic N) is 1. The lowest BCUT2D eigenvalue weighted by molar-refractivity contribution is -0.146. The van der Waals surface area contributed by atoms with Gasteiger partial charge in [-0.25, -0.2) is 0 Å². The average Bonchev–Trinajstić information content (AvgIpc) is 2.70. The number of nitrogens with one attached hydrogen (secondary N) is 2. The number of amides is 2. The molecule has 2 bridgehead atoms. The third kappa shape index (κ3) is 3.80. The van der Waals surface area contributed by atoms with Crippen LogP contribution < -0.4 is 20.1 Å². The van der Waals surface area contributed by atoms with Crippen LogP contribution in [0.2, 0.25) is 0 Å². The standard InChI is InChI=1S/C22H31N3O4/c1-25(2)10-4-9-23-20(26)18-11-15-6-5-14(18)13-22(15)24-21(27)17-8-7-16(28-3)12-19(17)29-22/h7-8,12,14-15,18H,4-6,9-11,13H2,1-3H3,(H,23,26)(H,24,27)/t14-,15+,18+,22-/m1/s1. The molecule has 2 amide bonds. The molecule has 7 heteroatoms. The fourth-order valence-corrected chi connectivity index (χ4v) is 5.18. The maximum atomic E-state index is 12.8. The molecule has 4 aliphatic rings. The molecule has 0 aromatic heterocycles. The lowest BCUT2D eigenvalue weighted by atomic mass is 9.60. The molecule has 0 unspecified atom stereocenters. The van der Waals surface area contributed by atoms with Gasteiger partial charge in [0.15, 0.2) is 5.72 Å². The number of hydrogen-bond acceptors (Lipinski definition) is 5. The summed E-state index contributed by atoms with van der Waals surface area (Å²) in [6.07, 6.45) is 4.35. The fraction of sp³-hybridized carbons (Fsp3) is 0.636. The van der Waals surface area contributed by atoms with Gasteiger partial charge in [0, 0.05) is 30.9 Å². The van der Waals surface area contributed by atoms with Crippen molar-refractivity contribution >= 4 is 11.8 Å². The second-order valence-electron chi connectivity index (χ2n) is 8.84. The highest BCUT2D eigenvalue weighted by atomic mass is 16.5. The smallest absolute Gasteiger partial charge is 0.258 e. The molecule has 1 aliphatic heterocycles. The van der Waals surface area contributed by atoms with Gasteiger partial charge in [-0.3, -0.25) is 9.59 Å². The summed E-state index contributed by atoms with van der Waals surface area (Å²) in [5.74, 6) is 1.65. The third-order valence-corrected chi connectivity index (χ3v) is 6.69. The van der Waals surface area contributed by atoms with Crippen LogP contribution in [0.3, 0.4) is 0 Å². The molecular formula is C22H31N3O4. The maximum absolute atomic E-state index is 12.8. The van der Waals surface area contributed by atoms with Crippen LogP contribution >= 0.6 is 0 Å². The van der Waals surface area contributed by atoms with E-state index in [-0.39, 0.29) is 29.6 Å². The van der Waals surface area contributed by atoms with Crippen molar-refractivity contribution in [3.05, 3.63) is 23.8 Å². The normalized spacial score (nSPS) is 29.9. The van der Waals surface area contributed by atoms with Gasteiger partial charge in [0.25, 0.3) is 5.91 Å². The minimum absolute atomic E-state index is 0.00550. The number of hydrogen-bond donors (Lipinski definition) is 2. The first-order chi connectivity index (χ1) is 13.9. The first-order valence-electron chi connectivity index (χ1n) is 10.5. The lowest BCUT2D eigenvalue weighted by Crippen LogP contribution is -2.66. The van der Waals surface area contributed by atoms with E-state index in [4.69, 9.17) is 9.47 Å². The Labute approximate surface area is 172 Å². The summed E-state index contributed by atoms with van der Waals surface area (Å²) in [6.45, 7) is 1.67. The zero-order valence-corrected chi connectivity index (χ0v) is 17.5. The van der Waals surface area contributed by atoms with E-state index in [0.717, 1.165) is 32.2 Å². The number of benzene rings is 1. The molecule has 2 N–H and O–H groups in total. The number of carbonyl (C=O) groups excluding carboxylic acids is 2. The minimum Gasteiger partial charge on any atom is -0.497 e. The van der Waals surface area contributed by atoms with Gasteiger partial charge in [-0.05, 0) is 64.4 Å². The zero-order chi connectivity index (χ0) is 20.6. The molecule has 29 heavy (non-hydrogen) atoms. The van der Waals surface area contributed by atoms with Gasteiger partial charge in [-0.1, -0.05) is 0 Å². The molecule has 5 rings (SSSR count). The van der Waals surface area contributed by atoms with Crippen molar-refractivity contribution < 1.29 is 19.1 Å². The maximum Gasteiger partial charge on any atom is 0.258 e. The molecule has 3 aliphatic carbocycles. The largest absolute Gasteiger partial charge is 0.497 e. The molecular weight excluding hydrogens is 370 g/mol. The Bertz CT molecular complexity index is 796. The molecule has 1 aromatic carbocycles. The van der Waals surface area contributed by atoms with Crippen molar-refractivity contribution in [1.82, 2.24) is 15.5 Å². The van der Waals surface area contributed by atoms with Crippen LogP contribution in [0.25, 0.3) is 0 Å². The van der Waals surface area contributed by atoms with Gasteiger partial charge in [0.1, 0.15) is 11.5 Å². The molecule has 1 spiro atoms. The zero-order valence-electron chi connectivity index (χ0n) is 17.5. The van der Waals surface area contributed by atoms with Crippen molar-refractivity contribution in [2.45, 2.75) is 37.8 Å². The quantitative estimate of drug-likeness (QED) is 0.713. The number of fused-ring (bicyclic) bond motifs is 3. The van der Waals surface area contributed by atoms with Crippen LogP contribution in [0, 0.1) is 17.8 Å². The van der Waals surface area contributed by atoms with E-state index in [1.165, 1.54) is 0 Å². The number of methoxy groups -OCH3 is 1. The monoisotopic (exact) mass is 401 g/mol. The number of rotatable bonds is 6. The van der Waals surface area contributed by atoms with Crippen LogP contribution in [0.1, 0.15) is 42.5 Å². The summed E-state index contributed by atoms with van der Waals surface area (Å²) >= 11 is 0. The molecule has 0 radical (unpaired) electrons. The van der Waals surface area contributed by atoms with E-state index >= 15 is 0 Å². The van der Waals surface area contributed by atoms with Gasteiger partial charge >= 0.3 is 0 Å². The summed E-state index contributed by atoms with van der Waals surface area (Å²) in [7, 11) is 5.67. The molecule has 3 fully saturated rings. The highest BCUT2D eigenvalue weighted by Crippen LogP contribution is 2.52. The average molecular weight is 402 g/mol. The summed E-state index contributed by atoms with van der Waals surface area (Å²) in [5, 5.41) is 6.26. The summed E-state index contributed by atoms with van der Waals surface area (Å²) < 4.78 is 11.7. The van der Waals surface area contributed by atoms with Gasteiger partial charge in [0.05, 0.1) is 12.7 Å². The van der Waals surface area contributed by atoms with E-state index < -0.39 is 5.72 Å². The van der Waals surface area contributed by atoms with Gasteiger partial charge in [-0.15, -0.1) is 0 Å². The van der Waals surface area contributed by atoms with Crippen LogP contribution in [0.4, 0.5) is 0 Å². The van der Waals surface area contributed by atoms with Gasteiger partial charge in [0.2, 0.25) is 5.91 Å². The molecule has 1 heterocycles. The van der Waals surface area contributed by atoms with E-state index in [1.54, 1.807) is 25.3 Å². The van der Waals surface area contributed by atoms with Gasteiger partial charge in [-0.2, -0.15) is 0 Å². The van der Waals surface area contributed by atoms with Crippen molar-refractivity contribution in [1.29, 1.82) is 0 Å². The van der Waals surface area contributed by atoms with E-state index in [9.17, 15) is 9.59 Å². The second-order valence-corrected chi connectivity index (χ2v) is 8.84. The summed E-state index contributed by atoms with van der Waals surface area (Å²) in [5.41, 5.74) is -0.172. The molecule has 0 saturated heterocycles. The first-order valence-corrected chi connectivity index (χ1v) is 10.5. The Hall–Kier alpha value is -2.28. The highest BCUT2D eigenvalue weighted by Gasteiger charge is 2.57. The van der Waals surface area contributed by atoms with Crippen LogP contribution in [0.15, 0.2) is 18.2 Å². The Kier molecular flexibility index (Phi) is 5.42. The molecule has 7 nitrogen and oxygen atoms in total. The topological polar surface area (TPSA) is 79.9 Å². The van der Waals surface area contributed by atoms with Crippen molar-refractivity contribution in [2.75, 3.05) is 34.3 Å². The highest BCUT2D eigenvalue weighted by molar-refractivity contribution is 5.98. The molecule has 158 valence electrons. The lowest BCUT2D eigenvalue weighted by Gasteiger charge is -2.55. The number of carbonyl (C=O) groups is 2. The van der Waals surface area contributed by atoms with E-state index in [0.29, 0.717) is 30.0 Å². The second kappa shape index (κ2) is 7.86. The molecule has 1 aromatic rings. The summed E-state index contributed by atoms with van der Waals surface area (Å²) in [6, 6.07) is 5.29. The fourth-order valence-electron chi connectivity index (χ4n) is 5.18. The van der Waals surface area contributed by atoms with Crippen LogP contribution in [-0.2, 0) is 4.79 Å². The Morgan fingerprint density at radius 2 is 2.21 bits per heavy atom. The predicted octanol–water partition coefficient (Wildman–Crippen LogP) is 2.02. The SMILES string of the molecule is COc1ccc2c(c1)O[C@@]1(C[C@H]3CC[C@H]1C[C@@H]3C(=O)NCCCN(C)C)NC2=O. The van der Waals surface area contributed by atoms with Gasteiger partial charge < -0.3 is 25.0 Å². The van der Waals surface area contributed by atoms with Crippen molar-refractivity contribution in [3.8, 4) is 11.5 Å². The third-order valence-electron chi connectivity index (χ3n) is 6.69. The molecule has 4 atom stereocenters. The van der Waals surface area contributed by atoms with E-state index in [2.05, 4.69) is 15.5 Å². The molecule has 3 saturated carbocycles. The number of ether oxygens (including phenoxy) is 2. The van der Waals surface area contributed by atoms with E-state index in [1.807, 2.05) is 14.1 Å². The Balaban J connectivity index is 1.45. The Morgan fingerprint density at radius 1 is 1.38 bits per heavy atom. The van der Waals surface area contributed by atoms with Crippen LogP contribution in [0.5, 0.6) is 11.5 Å². The van der Waals surface area contributed by atoms with Crippen molar-refractivity contribution in [3.63, 3.8) is 0 Å². The predicted molar refractivity (Wildman–Crippen MR) is 109 cm³/mol. The Morgan fingerprint density at radius 3 is 2.90 bits per heavy atom. The summed E-state index contributed by atoms with van der Waals surface area (Å²) in [4.78, 5) is 27.7. The minimum atomic E-state index is -0.707.